The number of aliphatic hydroxyl groups is 2. The van der Waals surface area contributed by atoms with E-state index in [1.54, 1.807) is 0 Å². The third-order valence-electron chi connectivity index (χ3n) is 0.963. The second kappa shape index (κ2) is 14.3. The predicted octanol–water partition coefficient (Wildman–Crippen LogP) is -1.10. The van der Waals surface area contributed by atoms with Crippen LogP contribution in [0.25, 0.3) is 0 Å². The van der Waals surface area contributed by atoms with E-state index in [1.165, 1.54) is 0 Å². The number of rotatable bonds is 4. The Morgan fingerprint density at radius 3 is 1.50 bits per heavy atom. The van der Waals surface area contributed by atoms with Gasteiger partial charge in [-0.15, -0.1) is 0 Å². The second-order valence-corrected chi connectivity index (χ2v) is 1.75. The Morgan fingerprint density at radius 2 is 1.30 bits per heavy atom. The minimum absolute atomic E-state index is 0. The summed E-state index contributed by atoms with van der Waals surface area (Å²) < 4.78 is 0. The summed E-state index contributed by atoms with van der Waals surface area (Å²) in [5.41, 5.74) is 0. The Balaban J connectivity index is -0.000000245. The topological polar surface area (TPSA) is 43.7 Å². The molecule has 0 aromatic rings. The van der Waals surface area contributed by atoms with Crippen molar-refractivity contribution in [1.29, 1.82) is 0 Å². The maximum Gasteiger partial charge on any atom is 0.0558 e. The summed E-state index contributed by atoms with van der Waals surface area (Å²) in [5.74, 6) is 0. The van der Waals surface area contributed by atoms with E-state index in [0.29, 0.717) is 13.1 Å². The van der Waals surface area contributed by atoms with Gasteiger partial charge < -0.3 is 15.1 Å². The van der Waals surface area contributed by atoms with Crippen molar-refractivity contribution in [2.75, 3.05) is 33.4 Å². The summed E-state index contributed by atoms with van der Waals surface area (Å²) in [4.78, 5) is 1.86. The first-order valence-electron chi connectivity index (χ1n) is 2.71. The molecule has 0 atom stereocenters. The average molecular weight is 573 g/mol. The van der Waals surface area contributed by atoms with Crippen LogP contribution in [0.4, 0.5) is 0 Å². The SMILES string of the molecule is CN(CCO)CCO.[Ac].[Ac]. The van der Waals surface area contributed by atoms with Gasteiger partial charge in [0.1, 0.15) is 0 Å². The molecular weight excluding hydrogens is 560 g/mol. The number of hydrogen-bond acceptors (Lipinski definition) is 3. The van der Waals surface area contributed by atoms with Crippen LogP contribution in [0, 0.1) is 88.1 Å². The molecule has 0 fully saturated rings. The summed E-state index contributed by atoms with van der Waals surface area (Å²) in [6.45, 7) is 1.61. The quantitative estimate of drug-likeness (QED) is 0.450. The molecule has 10 heavy (non-hydrogen) atoms. The normalized spacial score (nSPS) is 8.40. The van der Waals surface area contributed by atoms with E-state index in [2.05, 4.69) is 0 Å². The van der Waals surface area contributed by atoms with Crippen molar-refractivity contribution in [3.05, 3.63) is 0 Å². The van der Waals surface area contributed by atoms with Crippen LogP contribution >= 0.6 is 0 Å². The molecule has 0 aliphatic rings. The zero-order valence-electron chi connectivity index (χ0n) is 6.32. The largest absolute Gasteiger partial charge is 0.395 e. The van der Waals surface area contributed by atoms with E-state index in [4.69, 9.17) is 10.2 Å². The number of likely N-dealkylation sites (N-methyl/N-ethyl adjacent to an activating group) is 1. The first-order valence-corrected chi connectivity index (χ1v) is 2.71. The van der Waals surface area contributed by atoms with Gasteiger partial charge in [0.2, 0.25) is 0 Å². The molecule has 0 unspecified atom stereocenters. The van der Waals surface area contributed by atoms with Crippen LogP contribution in [0.1, 0.15) is 0 Å². The molecule has 0 rings (SSSR count). The first-order chi connectivity index (χ1) is 3.81. The molecule has 0 spiro atoms. The van der Waals surface area contributed by atoms with Crippen molar-refractivity contribution < 1.29 is 98.3 Å². The van der Waals surface area contributed by atoms with Crippen LogP contribution in [-0.2, 0) is 0 Å². The van der Waals surface area contributed by atoms with Gasteiger partial charge in [0.25, 0.3) is 0 Å². The van der Waals surface area contributed by atoms with Gasteiger partial charge in [0, 0.05) is 101 Å². The average Bonchev–Trinajstić information content (AvgIpc) is 1.68. The summed E-state index contributed by atoms with van der Waals surface area (Å²) in [7, 11) is 1.85. The molecule has 0 saturated carbocycles. The number of nitrogens with zero attached hydrogens (tertiary/aromatic N) is 1. The first kappa shape index (κ1) is 18.5. The Bertz CT molecular complexity index is 50.9. The standard InChI is InChI=1S/C5H13NO2.2Ac/c1-6(2-4-7)3-5-8;;/h7-8H,2-5H2,1H3;;. The molecule has 0 amide bonds. The zero-order valence-corrected chi connectivity index (χ0v) is 15.8. The van der Waals surface area contributed by atoms with Crippen molar-refractivity contribution in [2.24, 2.45) is 0 Å². The zero-order chi connectivity index (χ0) is 6.41. The molecule has 0 heterocycles. The molecule has 0 aliphatic carbocycles. The van der Waals surface area contributed by atoms with E-state index in [1.807, 2.05) is 11.9 Å². The Kier molecular flexibility index (Phi) is 26.5. The molecule has 0 aromatic heterocycles. The minimum atomic E-state index is 0. The van der Waals surface area contributed by atoms with Crippen molar-refractivity contribution in [3.8, 4) is 0 Å². The molecule has 0 saturated heterocycles. The monoisotopic (exact) mass is 573 g/mol. The predicted molar refractivity (Wildman–Crippen MR) is 31.7 cm³/mol. The van der Waals surface area contributed by atoms with E-state index >= 15 is 0 Å². The van der Waals surface area contributed by atoms with Crippen LogP contribution in [0.15, 0.2) is 0 Å². The maximum absolute atomic E-state index is 8.34. The molecule has 0 aromatic carbocycles. The fourth-order valence-electron chi connectivity index (χ4n) is 0.453. The van der Waals surface area contributed by atoms with Gasteiger partial charge in [-0.1, -0.05) is 0 Å². The van der Waals surface area contributed by atoms with Gasteiger partial charge in [-0.05, 0) is 7.05 Å². The Hall–Kier alpha value is 2.76. The van der Waals surface area contributed by atoms with Crippen molar-refractivity contribution in [2.45, 2.75) is 0 Å². The van der Waals surface area contributed by atoms with Crippen LogP contribution in [0.5, 0.6) is 0 Å². The van der Waals surface area contributed by atoms with E-state index in [0.717, 1.165) is 0 Å². The van der Waals surface area contributed by atoms with Crippen molar-refractivity contribution >= 4 is 0 Å². The van der Waals surface area contributed by atoms with Crippen LogP contribution in [0.3, 0.4) is 0 Å². The van der Waals surface area contributed by atoms with Crippen LogP contribution < -0.4 is 0 Å². The number of aliphatic hydroxyl groups excluding tert-OH is 2. The van der Waals surface area contributed by atoms with Gasteiger partial charge in [-0.2, -0.15) is 0 Å². The van der Waals surface area contributed by atoms with Gasteiger partial charge in [-0.25, -0.2) is 0 Å². The Morgan fingerprint density at radius 1 is 1.00 bits per heavy atom. The molecular formula is C5H13Ac2NO2. The van der Waals surface area contributed by atoms with E-state index in [9.17, 15) is 0 Å². The molecule has 3 nitrogen and oxygen atoms in total. The van der Waals surface area contributed by atoms with Crippen molar-refractivity contribution in [1.82, 2.24) is 4.90 Å². The smallest absolute Gasteiger partial charge is 0.0558 e. The van der Waals surface area contributed by atoms with Crippen LogP contribution in [-0.4, -0.2) is 48.5 Å². The third kappa shape index (κ3) is 13.4. The second-order valence-electron chi connectivity index (χ2n) is 1.75. The van der Waals surface area contributed by atoms with Gasteiger partial charge in [0.15, 0.2) is 0 Å². The summed E-state index contributed by atoms with van der Waals surface area (Å²) >= 11 is 0. The molecule has 56 valence electrons. The Labute approximate surface area is 134 Å². The van der Waals surface area contributed by atoms with Crippen molar-refractivity contribution in [3.63, 3.8) is 0 Å². The number of hydrogen-bond donors (Lipinski definition) is 2. The third-order valence-corrected chi connectivity index (χ3v) is 0.963. The van der Waals surface area contributed by atoms with Gasteiger partial charge >= 0.3 is 0 Å². The summed E-state index contributed by atoms with van der Waals surface area (Å²) in [6, 6.07) is 0. The summed E-state index contributed by atoms with van der Waals surface area (Å²) in [6.07, 6.45) is 0. The van der Waals surface area contributed by atoms with E-state index in [-0.39, 0.29) is 101 Å². The van der Waals surface area contributed by atoms with Gasteiger partial charge in [-0.3, -0.25) is 0 Å². The van der Waals surface area contributed by atoms with Crippen LogP contribution in [0.2, 0.25) is 0 Å². The fraction of sp³-hybridized carbons (Fsp3) is 1.00. The fourth-order valence-corrected chi connectivity index (χ4v) is 0.453. The molecule has 0 aliphatic heterocycles. The molecule has 2 N–H and O–H groups in total. The molecule has 0 bridgehead atoms. The molecule has 2 radical (unpaired) electrons. The molecule has 5 heteroatoms. The maximum atomic E-state index is 8.34. The van der Waals surface area contributed by atoms with Gasteiger partial charge in [0.05, 0.1) is 13.2 Å². The minimum Gasteiger partial charge on any atom is -0.395 e. The van der Waals surface area contributed by atoms with E-state index < -0.39 is 0 Å². The summed E-state index contributed by atoms with van der Waals surface area (Å²) in [5, 5.41) is 16.7.